The third kappa shape index (κ3) is 6.23. The molecule has 0 saturated carbocycles. The first kappa shape index (κ1) is 23.0. The molecule has 0 aliphatic rings. The van der Waals surface area contributed by atoms with E-state index in [0.29, 0.717) is 24.3 Å². The fourth-order valence-corrected chi connectivity index (χ4v) is 3.60. The minimum atomic E-state index is -3.70. The number of hydrogen-bond donors (Lipinski definition) is 2. The summed E-state index contributed by atoms with van der Waals surface area (Å²) in [5.74, 6) is -0.188. The van der Waals surface area contributed by atoms with Crippen LogP contribution in [0.4, 0.5) is 5.69 Å². The van der Waals surface area contributed by atoms with Gasteiger partial charge in [-0.3, -0.25) is 9.52 Å². The van der Waals surface area contributed by atoms with E-state index in [0.717, 1.165) is 0 Å². The van der Waals surface area contributed by atoms with Crippen LogP contribution in [0.1, 0.15) is 24.2 Å². The molecule has 2 rings (SSSR count). The molecule has 1 amide bonds. The Balaban J connectivity index is 0.00000364. The Morgan fingerprint density at radius 1 is 1.11 bits per heavy atom. The van der Waals surface area contributed by atoms with Crippen LogP contribution < -0.4 is 10.5 Å². The van der Waals surface area contributed by atoms with E-state index >= 15 is 0 Å². The minimum absolute atomic E-state index is 0. The van der Waals surface area contributed by atoms with Gasteiger partial charge in [-0.25, -0.2) is 8.42 Å². The van der Waals surface area contributed by atoms with E-state index in [2.05, 4.69) is 4.72 Å². The molecule has 2 aromatic rings. The van der Waals surface area contributed by atoms with Crippen LogP contribution in [0.25, 0.3) is 0 Å². The Morgan fingerprint density at radius 2 is 1.74 bits per heavy atom. The number of amides is 1. The molecule has 27 heavy (non-hydrogen) atoms. The van der Waals surface area contributed by atoms with E-state index < -0.39 is 10.0 Å². The molecule has 0 aliphatic heterocycles. The molecule has 0 bridgehead atoms. The predicted molar refractivity (Wildman–Crippen MR) is 111 cm³/mol. The van der Waals surface area contributed by atoms with Crippen molar-refractivity contribution in [2.45, 2.75) is 18.7 Å². The number of benzene rings is 2. The minimum Gasteiger partial charge on any atom is -0.341 e. The summed E-state index contributed by atoms with van der Waals surface area (Å²) in [4.78, 5) is 14.4. The maximum Gasteiger partial charge on any atom is 0.261 e. The second kappa shape index (κ2) is 9.21. The van der Waals surface area contributed by atoms with Crippen molar-refractivity contribution in [2.24, 2.45) is 11.1 Å². The van der Waals surface area contributed by atoms with Crippen molar-refractivity contribution >= 4 is 34.0 Å². The molecule has 148 valence electrons. The predicted octanol–water partition coefficient (Wildman–Crippen LogP) is 2.97. The summed E-state index contributed by atoms with van der Waals surface area (Å²) in [6.45, 7) is 4.94. The van der Waals surface area contributed by atoms with E-state index in [1.807, 2.05) is 13.8 Å². The molecule has 0 atom stereocenters. The Hall–Kier alpha value is -2.09. The highest BCUT2D eigenvalue weighted by molar-refractivity contribution is 7.92. The number of rotatable bonds is 7. The highest BCUT2D eigenvalue weighted by Gasteiger charge is 2.22. The Morgan fingerprint density at radius 3 is 2.33 bits per heavy atom. The number of sulfonamides is 1. The molecular weight excluding hydrogens is 386 g/mol. The van der Waals surface area contributed by atoms with Crippen LogP contribution in [0, 0.1) is 5.41 Å². The molecule has 0 spiro atoms. The van der Waals surface area contributed by atoms with Crippen molar-refractivity contribution < 1.29 is 13.2 Å². The van der Waals surface area contributed by atoms with Gasteiger partial charge in [0.05, 0.1) is 4.90 Å². The fourth-order valence-electron chi connectivity index (χ4n) is 2.53. The van der Waals surface area contributed by atoms with Gasteiger partial charge in [0.1, 0.15) is 0 Å². The Kier molecular flexibility index (Phi) is 7.83. The van der Waals surface area contributed by atoms with Crippen molar-refractivity contribution in [1.29, 1.82) is 0 Å². The van der Waals surface area contributed by atoms with Crippen LogP contribution in [-0.2, 0) is 10.0 Å². The topological polar surface area (TPSA) is 92.5 Å². The smallest absolute Gasteiger partial charge is 0.261 e. The van der Waals surface area contributed by atoms with E-state index in [1.54, 1.807) is 48.3 Å². The van der Waals surface area contributed by atoms with Gasteiger partial charge in [0.25, 0.3) is 15.9 Å². The van der Waals surface area contributed by atoms with Gasteiger partial charge in [-0.1, -0.05) is 38.1 Å². The summed E-state index contributed by atoms with van der Waals surface area (Å²) in [6.07, 6.45) is 0. The normalized spacial score (nSPS) is 11.4. The largest absolute Gasteiger partial charge is 0.341 e. The highest BCUT2D eigenvalue weighted by Crippen LogP contribution is 2.19. The van der Waals surface area contributed by atoms with Gasteiger partial charge in [0, 0.05) is 24.8 Å². The monoisotopic (exact) mass is 411 g/mol. The first-order valence-electron chi connectivity index (χ1n) is 8.28. The molecular formula is C19H26ClN3O3S. The lowest BCUT2D eigenvalue weighted by Crippen LogP contribution is -2.39. The summed E-state index contributed by atoms with van der Waals surface area (Å²) < 4.78 is 27.4. The molecule has 3 N–H and O–H groups in total. The summed E-state index contributed by atoms with van der Waals surface area (Å²) in [7, 11) is -1.99. The van der Waals surface area contributed by atoms with Gasteiger partial charge in [-0.15, -0.1) is 12.4 Å². The Bertz CT molecular complexity index is 871. The van der Waals surface area contributed by atoms with Crippen LogP contribution >= 0.6 is 12.4 Å². The van der Waals surface area contributed by atoms with Gasteiger partial charge in [-0.05, 0) is 42.3 Å². The number of nitrogens with two attached hydrogens (primary N) is 1. The molecule has 0 radical (unpaired) electrons. The zero-order valence-electron chi connectivity index (χ0n) is 15.7. The first-order chi connectivity index (χ1) is 12.1. The van der Waals surface area contributed by atoms with Crippen molar-refractivity contribution in [3.05, 3.63) is 60.2 Å². The number of carbonyl (C=O) groups is 1. The average Bonchev–Trinajstić information content (AvgIpc) is 2.61. The van der Waals surface area contributed by atoms with E-state index in [-0.39, 0.29) is 28.6 Å². The lowest BCUT2D eigenvalue weighted by atomic mass is 9.93. The van der Waals surface area contributed by atoms with Crippen molar-refractivity contribution in [1.82, 2.24) is 4.90 Å². The second-order valence-electron chi connectivity index (χ2n) is 7.03. The van der Waals surface area contributed by atoms with Crippen LogP contribution in [0.2, 0.25) is 0 Å². The van der Waals surface area contributed by atoms with Crippen molar-refractivity contribution in [2.75, 3.05) is 24.9 Å². The molecule has 0 aliphatic carbocycles. The highest BCUT2D eigenvalue weighted by atomic mass is 35.5. The number of nitrogens with zero attached hydrogens (tertiary/aromatic N) is 1. The van der Waals surface area contributed by atoms with Crippen LogP contribution in [0.5, 0.6) is 0 Å². The average molecular weight is 412 g/mol. The molecule has 8 heteroatoms. The lowest BCUT2D eigenvalue weighted by molar-refractivity contribution is 0.0740. The summed E-state index contributed by atoms with van der Waals surface area (Å²) in [5.41, 5.74) is 6.28. The first-order valence-corrected chi connectivity index (χ1v) is 9.76. The number of anilines is 1. The van der Waals surface area contributed by atoms with Crippen LogP contribution in [-0.4, -0.2) is 39.4 Å². The fraction of sp³-hybridized carbons (Fsp3) is 0.316. The molecule has 6 nitrogen and oxygen atoms in total. The molecule has 0 fully saturated rings. The van der Waals surface area contributed by atoms with Crippen LogP contribution in [0.3, 0.4) is 0 Å². The van der Waals surface area contributed by atoms with E-state index in [9.17, 15) is 13.2 Å². The van der Waals surface area contributed by atoms with Gasteiger partial charge in [0.15, 0.2) is 0 Å². The van der Waals surface area contributed by atoms with Crippen molar-refractivity contribution in [3.8, 4) is 0 Å². The number of hydrogen-bond acceptors (Lipinski definition) is 4. The number of halogens is 1. The standard InChI is InChI=1S/C19H25N3O3S.ClH/c1-19(2,13-20)14-22(3)18(23)15-8-7-9-16(12-15)21-26(24,25)17-10-5-4-6-11-17;/h4-12,21H,13-14,20H2,1-3H3;1H. The van der Waals surface area contributed by atoms with Crippen molar-refractivity contribution in [3.63, 3.8) is 0 Å². The van der Waals surface area contributed by atoms with Gasteiger partial charge in [-0.2, -0.15) is 0 Å². The third-order valence-corrected chi connectivity index (χ3v) is 5.38. The third-order valence-electron chi connectivity index (χ3n) is 3.98. The maximum absolute atomic E-state index is 12.6. The SMILES string of the molecule is CN(CC(C)(C)CN)C(=O)c1cccc(NS(=O)(=O)c2ccccc2)c1.Cl. The van der Waals surface area contributed by atoms with E-state index in [4.69, 9.17) is 5.73 Å². The molecule has 0 unspecified atom stereocenters. The summed E-state index contributed by atoms with van der Waals surface area (Å²) in [6, 6.07) is 14.5. The maximum atomic E-state index is 12.6. The van der Waals surface area contributed by atoms with Gasteiger partial charge in [0.2, 0.25) is 0 Å². The van der Waals surface area contributed by atoms with Crippen LogP contribution in [0.15, 0.2) is 59.5 Å². The molecule has 0 saturated heterocycles. The molecule has 2 aromatic carbocycles. The number of nitrogens with one attached hydrogen (secondary N) is 1. The van der Waals surface area contributed by atoms with Gasteiger partial charge >= 0.3 is 0 Å². The van der Waals surface area contributed by atoms with E-state index in [1.165, 1.54) is 18.2 Å². The lowest BCUT2D eigenvalue weighted by Gasteiger charge is -2.29. The molecule has 0 aromatic heterocycles. The zero-order chi connectivity index (χ0) is 19.4. The quantitative estimate of drug-likeness (QED) is 0.732. The molecule has 0 heterocycles. The van der Waals surface area contributed by atoms with Gasteiger partial charge < -0.3 is 10.6 Å². The number of carbonyl (C=O) groups excluding carboxylic acids is 1. The summed E-state index contributed by atoms with van der Waals surface area (Å²) >= 11 is 0. The Labute approximate surface area is 167 Å². The second-order valence-corrected chi connectivity index (χ2v) is 8.71. The summed E-state index contributed by atoms with van der Waals surface area (Å²) in [5, 5.41) is 0. The zero-order valence-corrected chi connectivity index (χ0v) is 17.3.